The van der Waals surface area contributed by atoms with Crippen LogP contribution < -0.4 is 21.9 Å². The molecule has 1 atom stereocenters. The number of hydrogen-bond donors (Lipinski definition) is 4. The van der Waals surface area contributed by atoms with E-state index in [-0.39, 0.29) is 12.5 Å². The second-order valence-electron chi connectivity index (χ2n) is 9.12. The van der Waals surface area contributed by atoms with E-state index in [1.807, 2.05) is 36.4 Å². The molecule has 1 aliphatic rings. The van der Waals surface area contributed by atoms with E-state index in [0.717, 1.165) is 22.3 Å². The van der Waals surface area contributed by atoms with Crippen LogP contribution in [0.5, 0.6) is 0 Å². The maximum atomic E-state index is 12.2. The van der Waals surface area contributed by atoms with Crippen LogP contribution in [0.2, 0.25) is 0 Å². The Hall–Kier alpha value is -3.43. The van der Waals surface area contributed by atoms with Crippen LogP contribution in [0.1, 0.15) is 50.7 Å². The lowest BCUT2D eigenvalue weighted by atomic mass is 9.98. The van der Waals surface area contributed by atoms with Crippen molar-refractivity contribution in [2.75, 3.05) is 13.2 Å². The summed E-state index contributed by atoms with van der Waals surface area (Å²) in [5, 5.41) is 2.20. The Balaban J connectivity index is 1.39. The van der Waals surface area contributed by atoms with Crippen LogP contribution in [-0.4, -0.2) is 42.9 Å². The molecule has 2 aromatic carbocycles. The molecular formula is C25H32N4O5. The van der Waals surface area contributed by atoms with Gasteiger partial charge in [-0.25, -0.2) is 15.0 Å². The minimum Gasteiger partial charge on any atom is -0.448 e. The number of alkyl carbamates (subject to hydrolysis) is 1. The molecule has 0 aromatic heterocycles. The third kappa shape index (κ3) is 6.79. The molecule has 0 unspecified atom stereocenters. The number of nitrogens with one attached hydrogen (secondary N) is 3. The highest BCUT2D eigenvalue weighted by Gasteiger charge is 2.29. The largest absolute Gasteiger partial charge is 0.448 e. The van der Waals surface area contributed by atoms with E-state index < -0.39 is 29.7 Å². The van der Waals surface area contributed by atoms with Gasteiger partial charge in [-0.2, -0.15) is 0 Å². The van der Waals surface area contributed by atoms with Crippen molar-refractivity contribution in [1.82, 2.24) is 16.2 Å². The number of benzene rings is 2. The lowest BCUT2D eigenvalue weighted by Crippen LogP contribution is -2.45. The van der Waals surface area contributed by atoms with Crippen molar-refractivity contribution in [1.29, 1.82) is 0 Å². The van der Waals surface area contributed by atoms with Gasteiger partial charge in [-0.15, -0.1) is 0 Å². The van der Waals surface area contributed by atoms with Crippen molar-refractivity contribution < 1.29 is 23.9 Å². The lowest BCUT2D eigenvalue weighted by molar-refractivity contribution is -0.121. The van der Waals surface area contributed by atoms with E-state index >= 15 is 0 Å². The Morgan fingerprint density at radius 2 is 1.56 bits per heavy atom. The normalized spacial score (nSPS) is 13.4. The number of ether oxygens (including phenoxy) is 2. The number of nitrogens with two attached hydrogens (primary N) is 1. The summed E-state index contributed by atoms with van der Waals surface area (Å²) < 4.78 is 10.5. The maximum absolute atomic E-state index is 12.2. The predicted octanol–water partition coefficient (Wildman–Crippen LogP) is 3.19. The molecule has 0 saturated carbocycles. The highest BCUT2D eigenvalue weighted by molar-refractivity contribution is 5.94. The topological polar surface area (TPSA) is 132 Å². The summed E-state index contributed by atoms with van der Waals surface area (Å²) in [7, 11) is 0. The fourth-order valence-corrected chi connectivity index (χ4v) is 3.81. The van der Waals surface area contributed by atoms with Crippen LogP contribution in [0.4, 0.5) is 9.59 Å². The Morgan fingerprint density at radius 1 is 0.971 bits per heavy atom. The second kappa shape index (κ2) is 11.1. The van der Waals surface area contributed by atoms with Crippen LogP contribution in [-0.2, 0) is 14.3 Å². The van der Waals surface area contributed by atoms with Crippen molar-refractivity contribution >= 4 is 18.1 Å². The van der Waals surface area contributed by atoms with Crippen LogP contribution in [0.3, 0.4) is 0 Å². The first-order valence-corrected chi connectivity index (χ1v) is 11.3. The molecule has 9 heteroatoms. The molecule has 34 heavy (non-hydrogen) atoms. The van der Waals surface area contributed by atoms with Crippen LogP contribution in [0.15, 0.2) is 48.5 Å². The summed E-state index contributed by atoms with van der Waals surface area (Å²) in [5.41, 5.74) is 14.8. The molecule has 3 amide bonds. The number of hydrogen-bond acceptors (Lipinski definition) is 7. The summed E-state index contributed by atoms with van der Waals surface area (Å²) >= 11 is 0. The van der Waals surface area contributed by atoms with Gasteiger partial charge < -0.3 is 15.2 Å². The summed E-state index contributed by atoms with van der Waals surface area (Å²) in [6.07, 6.45) is -0.613. The van der Waals surface area contributed by atoms with Crippen molar-refractivity contribution in [2.45, 2.75) is 51.2 Å². The van der Waals surface area contributed by atoms with Gasteiger partial charge >= 0.3 is 12.2 Å². The number of hydrazine groups is 1. The molecule has 3 rings (SSSR count). The number of fused-ring (bicyclic) bond motifs is 3. The van der Waals surface area contributed by atoms with Crippen molar-refractivity contribution in [3.63, 3.8) is 0 Å². The Labute approximate surface area is 199 Å². The zero-order chi connectivity index (χ0) is 24.7. The van der Waals surface area contributed by atoms with E-state index in [1.54, 1.807) is 20.8 Å². The Morgan fingerprint density at radius 3 is 2.15 bits per heavy atom. The van der Waals surface area contributed by atoms with Gasteiger partial charge in [0.25, 0.3) is 0 Å². The monoisotopic (exact) mass is 468 g/mol. The van der Waals surface area contributed by atoms with Gasteiger partial charge in [-0.3, -0.25) is 15.5 Å². The highest BCUT2D eigenvalue weighted by Crippen LogP contribution is 2.44. The zero-order valence-electron chi connectivity index (χ0n) is 19.7. The number of rotatable bonds is 8. The van der Waals surface area contributed by atoms with E-state index in [0.29, 0.717) is 19.4 Å². The predicted molar refractivity (Wildman–Crippen MR) is 128 cm³/mol. The molecule has 0 aliphatic heterocycles. The van der Waals surface area contributed by atoms with E-state index in [4.69, 9.17) is 15.2 Å². The fourth-order valence-electron chi connectivity index (χ4n) is 3.81. The number of imide groups is 1. The van der Waals surface area contributed by atoms with Gasteiger partial charge in [-0.05, 0) is 55.9 Å². The van der Waals surface area contributed by atoms with E-state index in [9.17, 15) is 14.4 Å². The van der Waals surface area contributed by atoms with Gasteiger partial charge in [0.05, 0.1) is 6.04 Å². The van der Waals surface area contributed by atoms with Gasteiger partial charge in [0, 0.05) is 12.5 Å². The number of carbonyl (C=O) groups excluding carboxylic acids is 3. The first-order chi connectivity index (χ1) is 16.2. The molecule has 2 aromatic rings. The molecule has 0 radical (unpaired) electrons. The van der Waals surface area contributed by atoms with Gasteiger partial charge in [-0.1, -0.05) is 48.5 Å². The number of amides is 3. The first-order valence-electron chi connectivity index (χ1n) is 11.3. The maximum Gasteiger partial charge on any atom is 0.422 e. The van der Waals surface area contributed by atoms with Gasteiger partial charge in [0.15, 0.2) is 0 Å². The molecule has 0 spiro atoms. The minimum atomic E-state index is -0.885. The van der Waals surface area contributed by atoms with Crippen LogP contribution in [0.25, 0.3) is 11.1 Å². The van der Waals surface area contributed by atoms with Crippen LogP contribution >= 0.6 is 0 Å². The van der Waals surface area contributed by atoms with E-state index in [1.165, 1.54) is 0 Å². The Bertz CT molecular complexity index is 988. The second-order valence-corrected chi connectivity index (χ2v) is 9.12. The zero-order valence-corrected chi connectivity index (χ0v) is 19.7. The van der Waals surface area contributed by atoms with Crippen LogP contribution in [0, 0.1) is 0 Å². The molecule has 182 valence electrons. The highest BCUT2D eigenvalue weighted by atomic mass is 16.6. The SMILES string of the molecule is CC(C)(C)OC(=O)NNCCC[C@H](N)C(=O)NC(=O)OCC1c2ccccc2-c2ccccc21. The van der Waals surface area contributed by atoms with Gasteiger partial charge in [0.1, 0.15) is 12.2 Å². The molecule has 1 aliphatic carbocycles. The fraction of sp³-hybridized carbons (Fsp3) is 0.400. The van der Waals surface area contributed by atoms with Gasteiger partial charge in [0.2, 0.25) is 5.91 Å². The summed E-state index contributed by atoms with van der Waals surface area (Å²) in [5.74, 6) is -0.706. The third-order valence-electron chi connectivity index (χ3n) is 5.31. The molecule has 0 saturated heterocycles. The van der Waals surface area contributed by atoms with Crippen molar-refractivity contribution in [2.24, 2.45) is 5.73 Å². The smallest absolute Gasteiger partial charge is 0.422 e. The van der Waals surface area contributed by atoms with Crippen molar-refractivity contribution in [3.8, 4) is 11.1 Å². The lowest BCUT2D eigenvalue weighted by Gasteiger charge is -2.20. The average molecular weight is 469 g/mol. The van der Waals surface area contributed by atoms with Crippen molar-refractivity contribution in [3.05, 3.63) is 59.7 Å². The molecular weight excluding hydrogens is 436 g/mol. The summed E-state index contributed by atoms with van der Waals surface area (Å²) in [6.45, 7) is 5.79. The standard InChI is InChI=1S/C25H32N4O5/c1-25(2,3)34-24(32)29-27-14-8-13-21(26)22(30)28-23(31)33-15-20-18-11-6-4-9-16(18)17-10-5-7-12-19(17)20/h4-7,9-12,20-21,27H,8,13-15,26H2,1-3H3,(H,29,32)(H,28,30,31)/t21-/m0/s1. The minimum absolute atomic E-state index is 0.0922. The summed E-state index contributed by atoms with van der Waals surface area (Å²) in [4.78, 5) is 36.0. The first kappa shape index (κ1) is 25.2. The molecule has 0 bridgehead atoms. The Kier molecular flexibility index (Phi) is 8.25. The van der Waals surface area contributed by atoms with E-state index in [2.05, 4.69) is 28.3 Å². The molecule has 9 nitrogen and oxygen atoms in total. The quantitative estimate of drug-likeness (QED) is 0.346. The molecule has 5 N–H and O–H groups in total. The molecule has 0 heterocycles. The average Bonchev–Trinajstić information content (AvgIpc) is 3.10. The summed E-state index contributed by atoms with van der Waals surface area (Å²) in [6, 6.07) is 15.1. The third-order valence-corrected chi connectivity index (χ3v) is 5.31. The molecule has 0 fully saturated rings. The number of carbonyl (C=O) groups is 3.